The van der Waals surface area contributed by atoms with Gasteiger partial charge in [-0.25, -0.2) is 4.79 Å². The first-order valence-corrected chi connectivity index (χ1v) is 11.0. The summed E-state index contributed by atoms with van der Waals surface area (Å²) in [6.07, 6.45) is -0.973. The molecule has 1 amide bonds. The number of carbonyl (C=O) groups excluding carboxylic acids is 3. The van der Waals surface area contributed by atoms with Gasteiger partial charge in [-0.3, -0.25) is 9.59 Å². The lowest BCUT2D eigenvalue weighted by molar-refractivity contribution is -0.118. The van der Waals surface area contributed by atoms with E-state index in [4.69, 9.17) is 14.0 Å². The highest BCUT2D eigenvalue weighted by Gasteiger charge is 2.21. The van der Waals surface area contributed by atoms with Crippen molar-refractivity contribution in [3.8, 4) is 5.75 Å². The SMILES string of the molecule is Cc1noc(C)c1COc1ccc(C(=O)OC(C)C(=O)c2ccc(NC(=O)C(C)C)cc2)cc1. The van der Waals surface area contributed by atoms with Crippen LogP contribution in [0.3, 0.4) is 0 Å². The van der Waals surface area contributed by atoms with Gasteiger partial charge in [0.25, 0.3) is 0 Å². The Balaban J connectivity index is 1.55. The molecule has 0 bridgehead atoms. The van der Waals surface area contributed by atoms with Crippen LogP contribution in [0, 0.1) is 19.8 Å². The topological polar surface area (TPSA) is 108 Å². The Morgan fingerprint density at radius 1 is 0.941 bits per heavy atom. The van der Waals surface area contributed by atoms with Crippen LogP contribution in [-0.4, -0.2) is 28.9 Å². The number of hydrogen-bond acceptors (Lipinski definition) is 7. The van der Waals surface area contributed by atoms with Crippen molar-refractivity contribution in [1.82, 2.24) is 5.16 Å². The van der Waals surface area contributed by atoms with Crippen molar-refractivity contribution in [1.29, 1.82) is 0 Å². The van der Waals surface area contributed by atoms with Gasteiger partial charge in [0.05, 0.1) is 16.8 Å². The fraction of sp³-hybridized carbons (Fsp3) is 0.308. The summed E-state index contributed by atoms with van der Waals surface area (Å²) in [6, 6.07) is 12.9. The number of benzene rings is 2. The van der Waals surface area contributed by atoms with Gasteiger partial charge in [0.1, 0.15) is 18.1 Å². The average molecular weight is 465 g/mol. The molecule has 3 aromatic rings. The second-order valence-electron chi connectivity index (χ2n) is 8.25. The van der Waals surface area contributed by atoms with Gasteiger partial charge in [-0.05, 0) is 69.3 Å². The molecule has 0 radical (unpaired) electrons. The highest BCUT2D eigenvalue weighted by atomic mass is 16.5. The van der Waals surface area contributed by atoms with E-state index in [0.717, 1.165) is 11.3 Å². The van der Waals surface area contributed by atoms with Gasteiger partial charge < -0.3 is 19.3 Å². The zero-order valence-electron chi connectivity index (χ0n) is 19.9. The molecule has 1 heterocycles. The van der Waals surface area contributed by atoms with Crippen LogP contribution in [-0.2, 0) is 16.1 Å². The summed E-state index contributed by atoms with van der Waals surface area (Å²) in [5, 5.41) is 6.65. The number of hydrogen-bond donors (Lipinski definition) is 1. The number of nitrogens with one attached hydrogen (secondary N) is 1. The fourth-order valence-electron chi connectivity index (χ4n) is 3.07. The van der Waals surface area contributed by atoms with Gasteiger partial charge in [0, 0.05) is 17.2 Å². The molecule has 0 saturated heterocycles. The van der Waals surface area contributed by atoms with Crippen molar-refractivity contribution in [2.75, 3.05) is 5.32 Å². The molecule has 3 rings (SSSR count). The normalized spacial score (nSPS) is 11.7. The van der Waals surface area contributed by atoms with Crippen LogP contribution < -0.4 is 10.1 Å². The quantitative estimate of drug-likeness (QED) is 0.355. The predicted octanol–water partition coefficient (Wildman–Crippen LogP) is 4.89. The molecule has 1 aromatic heterocycles. The van der Waals surface area contributed by atoms with Crippen LogP contribution in [0.2, 0.25) is 0 Å². The Morgan fingerprint density at radius 2 is 1.56 bits per heavy atom. The largest absolute Gasteiger partial charge is 0.489 e. The van der Waals surface area contributed by atoms with Gasteiger partial charge in [-0.15, -0.1) is 0 Å². The predicted molar refractivity (Wildman–Crippen MR) is 126 cm³/mol. The number of Topliss-reactive ketones (excluding diaryl/α,β-unsaturated/α-hetero) is 1. The van der Waals surface area contributed by atoms with Gasteiger partial charge in [0.2, 0.25) is 11.7 Å². The van der Waals surface area contributed by atoms with Crippen molar-refractivity contribution in [3.05, 3.63) is 76.7 Å². The highest BCUT2D eigenvalue weighted by Crippen LogP contribution is 2.19. The number of ether oxygens (including phenoxy) is 2. The molecule has 0 aliphatic heterocycles. The smallest absolute Gasteiger partial charge is 0.338 e. The summed E-state index contributed by atoms with van der Waals surface area (Å²) in [5.74, 6) is 0.0649. The lowest BCUT2D eigenvalue weighted by Crippen LogP contribution is -2.24. The maximum absolute atomic E-state index is 12.7. The minimum Gasteiger partial charge on any atom is -0.489 e. The molecule has 2 aromatic carbocycles. The molecule has 0 spiro atoms. The molecule has 0 aliphatic carbocycles. The number of anilines is 1. The zero-order valence-corrected chi connectivity index (χ0v) is 19.9. The second kappa shape index (κ2) is 10.8. The van der Waals surface area contributed by atoms with E-state index in [-0.39, 0.29) is 17.6 Å². The number of aryl methyl sites for hydroxylation is 2. The number of amides is 1. The minimum absolute atomic E-state index is 0.110. The van der Waals surface area contributed by atoms with E-state index >= 15 is 0 Å². The molecule has 1 N–H and O–H groups in total. The number of esters is 1. The third-order valence-electron chi connectivity index (χ3n) is 5.27. The second-order valence-corrected chi connectivity index (χ2v) is 8.25. The molecular formula is C26H28N2O6. The number of nitrogens with zero attached hydrogens (tertiary/aromatic N) is 1. The fourth-order valence-corrected chi connectivity index (χ4v) is 3.07. The maximum atomic E-state index is 12.7. The molecule has 1 unspecified atom stereocenters. The maximum Gasteiger partial charge on any atom is 0.338 e. The van der Waals surface area contributed by atoms with Crippen molar-refractivity contribution in [3.63, 3.8) is 0 Å². The summed E-state index contributed by atoms with van der Waals surface area (Å²) in [6.45, 7) is 9.08. The first-order chi connectivity index (χ1) is 16.2. The third-order valence-corrected chi connectivity index (χ3v) is 5.27. The Hall–Kier alpha value is -3.94. The highest BCUT2D eigenvalue weighted by molar-refractivity contribution is 6.02. The molecule has 0 aliphatic rings. The number of ketones is 1. The van der Waals surface area contributed by atoms with Crippen molar-refractivity contribution < 1.29 is 28.4 Å². The van der Waals surface area contributed by atoms with E-state index in [1.54, 1.807) is 62.4 Å². The summed E-state index contributed by atoms with van der Waals surface area (Å²) in [7, 11) is 0. The summed E-state index contributed by atoms with van der Waals surface area (Å²) in [4.78, 5) is 36.9. The number of rotatable bonds is 9. The van der Waals surface area contributed by atoms with Crippen molar-refractivity contribution in [2.24, 2.45) is 5.92 Å². The van der Waals surface area contributed by atoms with Gasteiger partial charge in [-0.1, -0.05) is 19.0 Å². The molecule has 0 fully saturated rings. The van der Waals surface area contributed by atoms with Crippen LogP contribution in [0.25, 0.3) is 0 Å². The Bertz CT molecular complexity index is 1140. The van der Waals surface area contributed by atoms with Gasteiger partial charge in [-0.2, -0.15) is 0 Å². The van der Waals surface area contributed by atoms with Gasteiger partial charge in [0.15, 0.2) is 6.10 Å². The summed E-state index contributed by atoms with van der Waals surface area (Å²) < 4.78 is 16.2. The third kappa shape index (κ3) is 6.10. The molecule has 1 atom stereocenters. The van der Waals surface area contributed by atoms with Crippen molar-refractivity contribution in [2.45, 2.75) is 47.3 Å². The van der Waals surface area contributed by atoms with Gasteiger partial charge >= 0.3 is 5.97 Å². The molecule has 0 saturated carbocycles. The molecular weight excluding hydrogens is 436 g/mol. The first kappa shape index (κ1) is 24.7. The lowest BCUT2D eigenvalue weighted by atomic mass is 10.1. The van der Waals surface area contributed by atoms with Crippen LogP contribution in [0.4, 0.5) is 5.69 Å². The zero-order chi connectivity index (χ0) is 24.8. The molecule has 8 nitrogen and oxygen atoms in total. The van der Waals surface area contributed by atoms with Crippen LogP contribution in [0.1, 0.15) is 58.5 Å². The van der Waals surface area contributed by atoms with E-state index in [0.29, 0.717) is 34.9 Å². The van der Waals surface area contributed by atoms with E-state index in [1.165, 1.54) is 6.92 Å². The molecule has 8 heteroatoms. The average Bonchev–Trinajstić information content (AvgIpc) is 3.14. The van der Waals surface area contributed by atoms with E-state index in [9.17, 15) is 14.4 Å². The first-order valence-electron chi connectivity index (χ1n) is 11.0. The monoisotopic (exact) mass is 464 g/mol. The minimum atomic E-state index is -0.973. The molecule has 178 valence electrons. The summed E-state index contributed by atoms with van der Waals surface area (Å²) in [5.41, 5.74) is 2.93. The molecule has 34 heavy (non-hydrogen) atoms. The van der Waals surface area contributed by atoms with E-state index in [1.807, 2.05) is 13.8 Å². The lowest BCUT2D eigenvalue weighted by Gasteiger charge is -2.13. The Kier molecular flexibility index (Phi) is 7.83. The Morgan fingerprint density at radius 3 is 2.12 bits per heavy atom. The van der Waals surface area contributed by atoms with E-state index in [2.05, 4.69) is 10.5 Å². The van der Waals surface area contributed by atoms with E-state index < -0.39 is 12.1 Å². The number of carbonyl (C=O) groups is 3. The van der Waals surface area contributed by atoms with Crippen LogP contribution in [0.5, 0.6) is 5.75 Å². The summed E-state index contributed by atoms with van der Waals surface area (Å²) >= 11 is 0. The van der Waals surface area contributed by atoms with Crippen LogP contribution >= 0.6 is 0 Å². The number of aromatic nitrogens is 1. The van der Waals surface area contributed by atoms with Crippen molar-refractivity contribution >= 4 is 23.3 Å². The Labute approximate surface area is 198 Å². The standard InChI is InChI=1S/C26H28N2O6/c1-15(2)25(30)27-21-10-6-19(7-11-21)24(29)18(5)33-26(31)20-8-12-22(13-9-20)32-14-23-16(3)28-34-17(23)4/h6-13,15,18H,14H2,1-5H3,(H,27,30). The van der Waals surface area contributed by atoms with Crippen LogP contribution in [0.15, 0.2) is 53.1 Å².